The van der Waals surface area contributed by atoms with Crippen LogP contribution in [0.5, 0.6) is 0 Å². The summed E-state index contributed by atoms with van der Waals surface area (Å²) in [6, 6.07) is 16.9. The molecular formula is C21H24N2O4S. The number of hydrogen-bond donors (Lipinski definition) is 1. The summed E-state index contributed by atoms with van der Waals surface area (Å²) in [5.41, 5.74) is 1.53. The monoisotopic (exact) mass is 400 g/mol. The maximum absolute atomic E-state index is 13.4. The molecule has 148 valence electrons. The average molecular weight is 401 g/mol. The van der Waals surface area contributed by atoms with E-state index in [4.69, 9.17) is 4.74 Å². The van der Waals surface area contributed by atoms with Crippen LogP contribution in [0.3, 0.4) is 0 Å². The van der Waals surface area contributed by atoms with E-state index in [1.807, 2.05) is 30.3 Å². The van der Waals surface area contributed by atoms with Crippen molar-refractivity contribution in [1.29, 1.82) is 0 Å². The summed E-state index contributed by atoms with van der Waals surface area (Å²) in [6.07, 6.45) is 1.85. The SMILES string of the molecule is O=C(Nc1cccc(N2CCCS2(=O)=O)c1)C1(c2ccccc2)CCOCC1. The van der Waals surface area contributed by atoms with Gasteiger partial charge in [0.1, 0.15) is 0 Å². The number of nitrogens with zero attached hydrogens (tertiary/aromatic N) is 1. The summed E-state index contributed by atoms with van der Waals surface area (Å²) in [6.45, 7) is 1.55. The van der Waals surface area contributed by atoms with Gasteiger partial charge in [-0.3, -0.25) is 9.10 Å². The number of ether oxygens (including phenoxy) is 1. The van der Waals surface area contributed by atoms with Crippen LogP contribution in [0.2, 0.25) is 0 Å². The zero-order chi connectivity index (χ0) is 19.6. The van der Waals surface area contributed by atoms with E-state index in [1.165, 1.54) is 4.31 Å². The summed E-state index contributed by atoms with van der Waals surface area (Å²) in [7, 11) is -3.26. The Bertz CT molecular complexity index is 953. The largest absolute Gasteiger partial charge is 0.381 e. The van der Waals surface area contributed by atoms with Crippen molar-refractivity contribution in [2.75, 3.05) is 35.1 Å². The lowest BCUT2D eigenvalue weighted by molar-refractivity contribution is -0.125. The highest BCUT2D eigenvalue weighted by Crippen LogP contribution is 2.36. The van der Waals surface area contributed by atoms with Crippen LogP contribution in [0.25, 0.3) is 0 Å². The van der Waals surface area contributed by atoms with Crippen molar-refractivity contribution in [2.24, 2.45) is 0 Å². The van der Waals surface area contributed by atoms with Crippen LogP contribution in [0.1, 0.15) is 24.8 Å². The van der Waals surface area contributed by atoms with Crippen molar-refractivity contribution in [2.45, 2.75) is 24.7 Å². The molecule has 2 fully saturated rings. The van der Waals surface area contributed by atoms with Gasteiger partial charge in [0.15, 0.2) is 0 Å². The minimum Gasteiger partial charge on any atom is -0.381 e. The van der Waals surface area contributed by atoms with Crippen LogP contribution in [0.4, 0.5) is 11.4 Å². The second-order valence-electron chi connectivity index (χ2n) is 7.31. The number of anilines is 2. The Balaban J connectivity index is 1.61. The first kappa shape index (κ1) is 19.0. The van der Waals surface area contributed by atoms with Crippen LogP contribution in [0.15, 0.2) is 54.6 Å². The fourth-order valence-electron chi connectivity index (χ4n) is 4.04. The lowest BCUT2D eigenvalue weighted by atomic mass is 9.73. The number of carbonyl (C=O) groups excluding carboxylic acids is 1. The van der Waals surface area contributed by atoms with E-state index >= 15 is 0 Å². The number of hydrogen-bond acceptors (Lipinski definition) is 4. The van der Waals surface area contributed by atoms with E-state index in [0.29, 0.717) is 50.4 Å². The molecule has 0 spiro atoms. The van der Waals surface area contributed by atoms with Crippen LogP contribution < -0.4 is 9.62 Å². The molecule has 0 aromatic heterocycles. The van der Waals surface area contributed by atoms with E-state index in [1.54, 1.807) is 24.3 Å². The third-order valence-electron chi connectivity index (χ3n) is 5.60. The first-order valence-electron chi connectivity index (χ1n) is 9.57. The highest BCUT2D eigenvalue weighted by molar-refractivity contribution is 7.93. The summed E-state index contributed by atoms with van der Waals surface area (Å²) >= 11 is 0. The molecular weight excluding hydrogens is 376 g/mol. The maximum Gasteiger partial charge on any atom is 0.235 e. The molecule has 1 N–H and O–H groups in total. The molecule has 0 atom stereocenters. The summed E-state index contributed by atoms with van der Waals surface area (Å²) in [5.74, 6) is 0.0872. The van der Waals surface area contributed by atoms with Crippen LogP contribution in [0, 0.1) is 0 Å². The van der Waals surface area contributed by atoms with Gasteiger partial charge in [0.05, 0.1) is 16.9 Å². The quantitative estimate of drug-likeness (QED) is 0.856. The average Bonchev–Trinajstić information content (AvgIpc) is 3.08. The Morgan fingerprint density at radius 1 is 1.04 bits per heavy atom. The predicted molar refractivity (Wildman–Crippen MR) is 109 cm³/mol. The first-order chi connectivity index (χ1) is 13.5. The lowest BCUT2D eigenvalue weighted by Crippen LogP contribution is -2.44. The summed E-state index contributed by atoms with van der Waals surface area (Å²) < 4.78 is 31.3. The van der Waals surface area contributed by atoms with Gasteiger partial charge in [-0.1, -0.05) is 36.4 Å². The third kappa shape index (κ3) is 3.52. The van der Waals surface area contributed by atoms with Gasteiger partial charge in [-0.2, -0.15) is 0 Å². The van der Waals surface area contributed by atoms with Gasteiger partial charge in [0, 0.05) is 25.4 Å². The molecule has 0 radical (unpaired) electrons. The van der Waals surface area contributed by atoms with Crippen molar-refractivity contribution in [1.82, 2.24) is 0 Å². The molecule has 0 unspecified atom stereocenters. The summed E-state index contributed by atoms with van der Waals surface area (Å²) in [5, 5.41) is 3.03. The van der Waals surface area contributed by atoms with E-state index < -0.39 is 15.4 Å². The lowest BCUT2D eigenvalue weighted by Gasteiger charge is -2.36. The number of benzene rings is 2. The first-order valence-corrected chi connectivity index (χ1v) is 11.2. The van der Waals surface area contributed by atoms with Gasteiger partial charge >= 0.3 is 0 Å². The van der Waals surface area contributed by atoms with Gasteiger partial charge in [0.25, 0.3) is 0 Å². The molecule has 2 saturated heterocycles. The molecule has 4 rings (SSSR count). The van der Waals surface area contributed by atoms with Crippen molar-refractivity contribution < 1.29 is 17.9 Å². The van der Waals surface area contributed by atoms with E-state index in [-0.39, 0.29) is 11.7 Å². The van der Waals surface area contributed by atoms with Gasteiger partial charge in [0.2, 0.25) is 15.9 Å². The Kier molecular flexibility index (Phi) is 5.12. The molecule has 2 aromatic carbocycles. The maximum atomic E-state index is 13.4. The van der Waals surface area contributed by atoms with Gasteiger partial charge in [-0.15, -0.1) is 0 Å². The van der Waals surface area contributed by atoms with Gasteiger partial charge < -0.3 is 10.1 Å². The number of sulfonamides is 1. The Labute approximate surface area is 165 Å². The fraction of sp³-hybridized carbons (Fsp3) is 0.381. The molecule has 28 heavy (non-hydrogen) atoms. The second kappa shape index (κ2) is 7.56. The highest BCUT2D eigenvalue weighted by atomic mass is 32.2. The van der Waals surface area contributed by atoms with E-state index in [9.17, 15) is 13.2 Å². The molecule has 2 heterocycles. The van der Waals surface area contributed by atoms with Gasteiger partial charge in [-0.25, -0.2) is 8.42 Å². The van der Waals surface area contributed by atoms with Crippen LogP contribution in [-0.4, -0.2) is 39.8 Å². The smallest absolute Gasteiger partial charge is 0.235 e. The number of amides is 1. The van der Waals surface area contributed by atoms with Crippen molar-refractivity contribution >= 4 is 27.3 Å². The molecule has 2 aliphatic rings. The minimum atomic E-state index is -3.26. The van der Waals surface area contributed by atoms with Crippen molar-refractivity contribution in [3.8, 4) is 0 Å². The Morgan fingerprint density at radius 2 is 1.79 bits per heavy atom. The second-order valence-corrected chi connectivity index (χ2v) is 9.32. The standard InChI is InChI=1S/C21H24N2O4S/c24-20(21(10-13-27-14-11-21)17-6-2-1-3-7-17)22-18-8-4-9-19(16-18)23-12-5-15-28(23,25)26/h1-4,6-9,16H,5,10-15H2,(H,22,24). The highest BCUT2D eigenvalue weighted by Gasteiger charge is 2.41. The predicted octanol–water partition coefficient (Wildman–Crippen LogP) is 2.91. The van der Waals surface area contributed by atoms with E-state index in [2.05, 4.69) is 5.32 Å². The molecule has 0 bridgehead atoms. The number of rotatable bonds is 4. The van der Waals surface area contributed by atoms with E-state index in [0.717, 1.165) is 5.56 Å². The molecule has 7 heteroatoms. The van der Waals surface area contributed by atoms with Gasteiger partial charge in [-0.05, 0) is 43.0 Å². The Hall–Kier alpha value is -2.38. The summed E-state index contributed by atoms with van der Waals surface area (Å²) in [4.78, 5) is 13.4. The molecule has 2 aliphatic heterocycles. The zero-order valence-electron chi connectivity index (χ0n) is 15.6. The topological polar surface area (TPSA) is 75.7 Å². The molecule has 0 saturated carbocycles. The number of nitrogens with one attached hydrogen (secondary N) is 1. The fourth-order valence-corrected chi connectivity index (χ4v) is 5.60. The van der Waals surface area contributed by atoms with Crippen LogP contribution in [-0.2, 0) is 25.0 Å². The van der Waals surface area contributed by atoms with Crippen LogP contribution >= 0.6 is 0 Å². The molecule has 1 amide bonds. The molecule has 6 nitrogen and oxygen atoms in total. The normalized spacial score (nSPS) is 20.6. The minimum absolute atomic E-state index is 0.0802. The number of carbonyl (C=O) groups is 1. The Morgan fingerprint density at radius 3 is 2.46 bits per heavy atom. The van der Waals surface area contributed by atoms with Crippen molar-refractivity contribution in [3.63, 3.8) is 0 Å². The third-order valence-corrected chi connectivity index (χ3v) is 7.47. The molecule has 2 aromatic rings. The zero-order valence-corrected chi connectivity index (χ0v) is 16.5. The molecule has 0 aliphatic carbocycles. The van der Waals surface area contributed by atoms with Crippen molar-refractivity contribution in [3.05, 3.63) is 60.2 Å².